The van der Waals surface area contributed by atoms with Gasteiger partial charge in [-0.3, -0.25) is 4.90 Å². The van der Waals surface area contributed by atoms with Crippen LogP contribution in [0.3, 0.4) is 0 Å². The summed E-state index contributed by atoms with van der Waals surface area (Å²) in [7, 11) is 0. The lowest BCUT2D eigenvalue weighted by molar-refractivity contribution is 0.132. The molecule has 5 nitrogen and oxygen atoms in total. The van der Waals surface area contributed by atoms with Crippen molar-refractivity contribution in [3.05, 3.63) is 35.4 Å². The third-order valence-electron chi connectivity index (χ3n) is 5.69. The molecule has 0 bridgehead atoms. The number of hydrogen-bond donors (Lipinski definition) is 1. The molecule has 2 heterocycles. The molecule has 1 aromatic carbocycles. The predicted octanol–water partition coefficient (Wildman–Crippen LogP) is 2.51. The Balaban J connectivity index is 1.47. The lowest BCUT2D eigenvalue weighted by Gasteiger charge is -2.34. The molecule has 2 aliphatic heterocycles. The van der Waals surface area contributed by atoms with Gasteiger partial charge in [-0.25, -0.2) is 4.99 Å². The van der Waals surface area contributed by atoms with Gasteiger partial charge in [0.2, 0.25) is 0 Å². The van der Waals surface area contributed by atoms with E-state index in [9.17, 15) is 0 Å². The molecule has 0 saturated carbocycles. The standard InChI is InChI=1S/C21H35N5/c1-2-24-13-15-25(16-14-24)18-20-9-7-19(8-10-20)17-23-21(22)26-11-5-3-4-6-12-26/h7-10H,2-6,11-18H2,1H3,(H2,22,23). The van der Waals surface area contributed by atoms with Crippen molar-refractivity contribution in [3.63, 3.8) is 0 Å². The zero-order valence-corrected chi connectivity index (χ0v) is 16.4. The fourth-order valence-corrected chi connectivity index (χ4v) is 3.84. The second-order valence-corrected chi connectivity index (χ2v) is 7.60. The van der Waals surface area contributed by atoms with Crippen LogP contribution < -0.4 is 5.73 Å². The number of guanidine groups is 1. The van der Waals surface area contributed by atoms with Gasteiger partial charge >= 0.3 is 0 Å². The molecule has 0 atom stereocenters. The average molecular weight is 358 g/mol. The van der Waals surface area contributed by atoms with Crippen molar-refractivity contribution < 1.29 is 0 Å². The molecule has 2 saturated heterocycles. The highest BCUT2D eigenvalue weighted by Gasteiger charge is 2.15. The molecule has 0 amide bonds. The molecule has 26 heavy (non-hydrogen) atoms. The van der Waals surface area contributed by atoms with E-state index in [-0.39, 0.29) is 0 Å². The molecule has 1 aromatic rings. The average Bonchev–Trinajstić information content (AvgIpc) is 2.97. The third kappa shape index (κ3) is 5.71. The predicted molar refractivity (Wildman–Crippen MR) is 109 cm³/mol. The molecular formula is C21H35N5. The van der Waals surface area contributed by atoms with E-state index in [1.54, 1.807) is 0 Å². The van der Waals surface area contributed by atoms with Gasteiger partial charge in [0.25, 0.3) is 0 Å². The highest BCUT2D eigenvalue weighted by atomic mass is 15.3. The molecule has 0 aliphatic carbocycles. The van der Waals surface area contributed by atoms with E-state index in [1.165, 1.54) is 69.5 Å². The van der Waals surface area contributed by atoms with Crippen LogP contribution in [-0.4, -0.2) is 66.5 Å². The molecule has 144 valence electrons. The van der Waals surface area contributed by atoms with Crippen molar-refractivity contribution in [1.29, 1.82) is 0 Å². The first-order valence-electron chi connectivity index (χ1n) is 10.3. The van der Waals surface area contributed by atoms with Crippen LogP contribution in [-0.2, 0) is 13.1 Å². The summed E-state index contributed by atoms with van der Waals surface area (Å²) in [5, 5.41) is 0. The minimum atomic E-state index is 0.678. The van der Waals surface area contributed by atoms with E-state index in [1.807, 2.05) is 0 Å². The maximum absolute atomic E-state index is 6.21. The molecular weight excluding hydrogens is 322 g/mol. The van der Waals surface area contributed by atoms with Crippen molar-refractivity contribution >= 4 is 5.96 Å². The van der Waals surface area contributed by atoms with Crippen LogP contribution in [0.1, 0.15) is 43.7 Å². The van der Waals surface area contributed by atoms with E-state index in [2.05, 4.69) is 50.9 Å². The molecule has 5 heteroatoms. The monoisotopic (exact) mass is 357 g/mol. The molecule has 2 N–H and O–H groups in total. The Bertz CT molecular complexity index is 552. The first-order valence-corrected chi connectivity index (χ1v) is 10.3. The van der Waals surface area contributed by atoms with Gasteiger partial charge in [-0.2, -0.15) is 0 Å². The molecule has 0 unspecified atom stereocenters. The minimum Gasteiger partial charge on any atom is -0.370 e. The Morgan fingerprint density at radius 2 is 1.42 bits per heavy atom. The normalized spacial score (nSPS) is 21.0. The smallest absolute Gasteiger partial charge is 0.191 e. The highest BCUT2D eigenvalue weighted by Crippen LogP contribution is 2.12. The number of aliphatic imine (C=N–C) groups is 1. The van der Waals surface area contributed by atoms with Crippen molar-refractivity contribution in [2.24, 2.45) is 10.7 Å². The van der Waals surface area contributed by atoms with Gasteiger partial charge in [-0.05, 0) is 30.5 Å². The second-order valence-electron chi connectivity index (χ2n) is 7.60. The fraction of sp³-hybridized carbons (Fsp3) is 0.667. The molecule has 0 spiro atoms. The number of rotatable bonds is 5. The minimum absolute atomic E-state index is 0.678. The Kier molecular flexibility index (Phi) is 7.32. The Hall–Kier alpha value is -1.59. The summed E-state index contributed by atoms with van der Waals surface area (Å²) in [5.74, 6) is 0.713. The summed E-state index contributed by atoms with van der Waals surface area (Å²) in [4.78, 5) is 11.9. The van der Waals surface area contributed by atoms with Crippen molar-refractivity contribution in [3.8, 4) is 0 Å². The summed E-state index contributed by atoms with van der Waals surface area (Å²) >= 11 is 0. The zero-order valence-electron chi connectivity index (χ0n) is 16.4. The number of likely N-dealkylation sites (tertiary alicyclic amines) is 1. The topological polar surface area (TPSA) is 48.1 Å². The van der Waals surface area contributed by atoms with Crippen LogP contribution in [0.25, 0.3) is 0 Å². The van der Waals surface area contributed by atoms with Crippen LogP contribution in [0.5, 0.6) is 0 Å². The Morgan fingerprint density at radius 1 is 0.846 bits per heavy atom. The van der Waals surface area contributed by atoms with E-state index in [0.717, 1.165) is 19.6 Å². The molecule has 0 radical (unpaired) electrons. The van der Waals surface area contributed by atoms with Gasteiger partial charge in [0.15, 0.2) is 5.96 Å². The highest BCUT2D eigenvalue weighted by molar-refractivity contribution is 5.78. The maximum atomic E-state index is 6.21. The lowest BCUT2D eigenvalue weighted by Crippen LogP contribution is -2.45. The second kappa shape index (κ2) is 9.93. The van der Waals surface area contributed by atoms with Crippen LogP contribution in [0.4, 0.5) is 0 Å². The summed E-state index contributed by atoms with van der Waals surface area (Å²) in [6, 6.07) is 8.91. The van der Waals surface area contributed by atoms with Gasteiger partial charge in [-0.1, -0.05) is 44.0 Å². The zero-order chi connectivity index (χ0) is 18.2. The van der Waals surface area contributed by atoms with Crippen LogP contribution >= 0.6 is 0 Å². The Morgan fingerprint density at radius 3 is 2.04 bits per heavy atom. The summed E-state index contributed by atoms with van der Waals surface area (Å²) in [5.41, 5.74) is 8.84. The van der Waals surface area contributed by atoms with Gasteiger partial charge in [0.1, 0.15) is 0 Å². The van der Waals surface area contributed by atoms with Crippen molar-refractivity contribution in [1.82, 2.24) is 14.7 Å². The van der Waals surface area contributed by atoms with Crippen molar-refractivity contribution in [2.75, 3.05) is 45.8 Å². The fourth-order valence-electron chi connectivity index (χ4n) is 3.84. The number of nitrogens with zero attached hydrogens (tertiary/aromatic N) is 4. The lowest BCUT2D eigenvalue weighted by atomic mass is 10.1. The van der Waals surface area contributed by atoms with Gasteiger partial charge in [0, 0.05) is 45.8 Å². The van der Waals surface area contributed by atoms with E-state index < -0.39 is 0 Å². The SMILES string of the molecule is CCN1CCN(Cc2ccc(CN=C(N)N3CCCCCC3)cc2)CC1. The third-order valence-corrected chi connectivity index (χ3v) is 5.69. The van der Waals surface area contributed by atoms with Crippen LogP contribution in [0.15, 0.2) is 29.3 Å². The molecule has 2 aliphatic rings. The molecule has 3 rings (SSSR count). The number of likely N-dealkylation sites (N-methyl/N-ethyl adjacent to an activating group) is 1. The van der Waals surface area contributed by atoms with E-state index in [4.69, 9.17) is 5.73 Å². The van der Waals surface area contributed by atoms with Gasteiger partial charge in [-0.15, -0.1) is 0 Å². The van der Waals surface area contributed by atoms with Gasteiger partial charge < -0.3 is 15.5 Å². The number of nitrogens with two attached hydrogens (primary N) is 1. The van der Waals surface area contributed by atoms with Crippen LogP contribution in [0.2, 0.25) is 0 Å². The summed E-state index contributed by atoms with van der Waals surface area (Å²) < 4.78 is 0. The first kappa shape index (κ1) is 19.2. The van der Waals surface area contributed by atoms with Crippen LogP contribution in [0, 0.1) is 0 Å². The first-order chi connectivity index (χ1) is 12.7. The summed E-state index contributed by atoms with van der Waals surface area (Å²) in [6.45, 7) is 12.0. The van der Waals surface area contributed by atoms with Crippen molar-refractivity contribution in [2.45, 2.75) is 45.7 Å². The number of piperazine rings is 1. The van der Waals surface area contributed by atoms with Gasteiger partial charge in [0.05, 0.1) is 6.54 Å². The van der Waals surface area contributed by atoms with E-state index in [0.29, 0.717) is 12.5 Å². The largest absolute Gasteiger partial charge is 0.370 e. The summed E-state index contributed by atoms with van der Waals surface area (Å²) in [6.07, 6.45) is 5.10. The number of hydrogen-bond acceptors (Lipinski definition) is 3. The quantitative estimate of drug-likeness (QED) is 0.650. The Labute approximate surface area is 158 Å². The maximum Gasteiger partial charge on any atom is 0.191 e. The number of benzene rings is 1. The van der Waals surface area contributed by atoms with E-state index >= 15 is 0 Å². The molecule has 0 aromatic heterocycles. The molecule has 2 fully saturated rings.